The van der Waals surface area contributed by atoms with Crippen LogP contribution in [-0.4, -0.2) is 117 Å². The number of nitro benzene ring substituents is 2. The van der Waals surface area contributed by atoms with Gasteiger partial charge in [0.1, 0.15) is 11.4 Å². The highest BCUT2D eigenvalue weighted by atomic mass is 79.9. The van der Waals surface area contributed by atoms with Crippen LogP contribution in [0.2, 0.25) is 0 Å². The van der Waals surface area contributed by atoms with Crippen LogP contribution in [0.25, 0.3) is 50.4 Å². The number of nitrogens with zero attached hydrogens (tertiary/aromatic N) is 13. The number of nitro groups is 2. The molecular weight excluding hydrogens is 1240 g/mol. The Morgan fingerprint density at radius 2 is 1.05 bits per heavy atom. The molecule has 19 nitrogen and oxygen atoms in total. The van der Waals surface area contributed by atoms with Gasteiger partial charge in [-0.3, -0.25) is 20.2 Å². The second-order valence-electron chi connectivity index (χ2n) is 20.2. The number of likely N-dealkylation sites (N-methyl/N-ethyl adjacent to an activating group) is 4. The Morgan fingerprint density at radius 1 is 0.636 bits per heavy atom. The topological polar surface area (TPSA) is 209 Å². The largest absolute Gasteiger partial charge is 0.368 e. The molecular formula is C58H66BrF10N15O4. The average molecular weight is 1310 g/mol. The molecule has 30 heteroatoms. The first-order chi connectivity index (χ1) is 42.0. The smallest absolute Gasteiger partial charge is 0.294 e. The fourth-order valence-electron chi connectivity index (χ4n) is 10.1. The van der Waals surface area contributed by atoms with E-state index in [9.17, 15) is 20.2 Å². The zero-order chi connectivity index (χ0) is 64.7. The molecule has 4 aromatic heterocycles. The second kappa shape index (κ2) is 35.6. The first kappa shape index (κ1) is 73.3. The van der Waals surface area contributed by atoms with E-state index in [1.807, 2.05) is 89.0 Å². The molecule has 474 valence electrons. The minimum Gasteiger partial charge on any atom is -0.368 e. The van der Waals surface area contributed by atoms with Gasteiger partial charge in [0.2, 0.25) is 11.9 Å². The van der Waals surface area contributed by atoms with E-state index in [2.05, 4.69) is 99.4 Å². The molecule has 4 aromatic carbocycles. The molecule has 0 amide bonds. The lowest BCUT2D eigenvalue weighted by Crippen LogP contribution is -2.29. The summed E-state index contributed by atoms with van der Waals surface area (Å²) in [4.78, 5) is 49.9. The number of hydrogen-bond acceptors (Lipinski definition) is 15. The van der Waals surface area contributed by atoms with E-state index in [0.717, 1.165) is 95.2 Å². The maximum Gasteiger partial charge on any atom is 0.294 e. The molecule has 0 saturated heterocycles. The van der Waals surface area contributed by atoms with Gasteiger partial charge in [0.15, 0.2) is 0 Å². The van der Waals surface area contributed by atoms with Crippen LogP contribution in [0.3, 0.4) is 0 Å². The van der Waals surface area contributed by atoms with Crippen LogP contribution in [0.1, 0.15) is 48.1 Å². The van der Waals surface area contributed by atoms with Crippen molar-refractivity contribution in [3.63, 3.8) is 0 Å². The normalized spacial score (nSPS) is 11.5. The average Bonchev–Trinajstić information content (AvgIpc) is 1.89. The zero-order valence-electron chi connectivity index (χ0n) is 48.4. The number of halogens is 11. The van der Waals surface area contributed by atoms with Crippen LogP contribution in [0.5, 0.6) is 0 Å². The van der Waals surface area contributed by atoms with Crippen molar-refractivity contribution in [3.8, 4) is 28.6 Å². The van der Waals surface area contributed by atoms with Gasteiger partial charge in [-0.2, -0.15) is 5.26 Å². The quantitative estimate of drug-likeness (QED) is 0.0376. The molecule has 2 aliphatic rings. The minimum atomic E-state index is -0.359. The van der Waals surface area contributed by atoms with Gasteiger partial charge in [-0.25, -0.2) is 19.9 Å². The third kappa shape index (κ3) is 17.6. The van der Waals surface area contributed by atoms with E-state index in [-0.39, 0.29) is 28.6 Å². The van der Waals surface area contributed by atoms with Gasteiger partial charge in [-0.1, -0.05) is 43.8 Å². The Kier molecular flexibility index (Phi) is 29.7. The van der Waals surface area contributed by atoms with Crippen molar-refractivity contribution in [2.45, 2.75) is 60.0 Å². The highest BCUT2D eigenvalue weighted by molar-refractivity contribution is 9.10. The molecule has 10 rings (SSSR count). The maximum atomic E-state index is 12.0. The number of nitrogens with one attached hydrogen (secondary N) is 2. The number of para-hydroxylation sites is 2. The fraction of sp³-hybridized carbons (Fsp3) is 0.328. The van der Waals surface area contributed by atoms with Gasteiger partial charge >= 0.3 is 0 Å². The van der Waals surface area contributed by atoms with E-state index in [0.29, 0.717) is 53.4 Å². The first-order valence-corrected chi connectivity index (χ1v) is 27.0. The number of aryl methyl sites for hydroxylation is 6. The Balaban J connectivity index is 0.000000400. The van der Waals surface area contributed by atoms with E-state index in [1.165, 1.54) is 33.6 Å². The molecule has 0 bridgehead atoms. The SMILES string of the molecule is C.Cc1cc(N(C)CCN(C)C)c([N+](=O)[O-])cc1Nc1ncc(Br)c(-c2cn3c4c(cccc24)CCC3)n1.Cc1cc(N(C)CCN(C)C)c([N+](=O)[O-])cc1Nc1ncc(C=CC#N)c(-c2cn3c4c(cccc24)CCC3)n1.FF.FF.FF.FF.FF. The standard InChI is InChI=1S/C30H32N8O2.C27H30BrN7O2.CH4.5F2/c1-20-16-26(36(4)15-14-35(2)3)27(38(39)40)17-25(20)33-30-32-18-22(9-6-12-31)28(34-30)24-19-37-13-7-10-21-8-5-11-23(24)29(21)37;1-17-13-23(33(4)12-11-32(2)3)24(35(36)37)14-22(17)30-27-29-15-21(28)25(31-27)20-16-34-10-6-8-18-7-5-9-19(20)26(18)34;;5*1-2/h5-6,8-9,11,16-19H,7,10,13-15H2,1-4H3,(H,32,33,34);5,7,9,13-16H,6,8,10-12H2,1-4H3,(H,29,30,31);1H4;;;;;. The van der Waals surface area contributed by atoms with Crippen molar-refractivity contribution < 1.29 is 55.6 Å². The maximum absolute atomic E-state index is 12.0. The van der Waals surface area contributed by atoms with Crippen LogP contribution < -0.4 is 20.4 Å². The molecule has 6 heterocycles. The van der Waals surface area contributed by atoms with Crippen LogP contribution >= 0.6 is 15.9 Å². The molecule has 88 heavy (non-hydrogen) atoms. The van der Waals surface area contributed by atoms with E-state index in [4.69, 9.17) is 61.0 Å². The van der Waals surface area contributed by atoms with Crippen molar-refractivity contribution in [2.24, 2.45) is 0 Å². The predicted molar refractivity (Wildman–Crippen MR) is 329 cm³/mol. The Hall–Kier alpha value is -8.95. The van der Waals surface area contributed by atoms with E-state index >= 15 is 0 Å². The molecule has 0 aliphatic carbocycles. The molecule has 0 unspecified atom stereocenters. The second-order valence-corrected chi connectivity index (χ2v) is 21.0. The van der Waals surface area contributed by atoms with E-state index < -0.39 is 0 Å². The highest BCUT2D eigenvalue weighted by Gasteiger charge is 2.25. The molecule has 0 spiro atoms. The Labute approximate surface area is 509 Å². The van der Waals surface area contributed by atoms with E-state index in [1.54, 1.807) is 30.6 Å². The summed E-state index contributed by atoms with van der Waals surface area (Å²) in [5.74, 6) is 0.707. The number of hydrogen-bond donors (Lipinski definition) is 2. The monoisotopic (exact) mass is 1310 g/mol. The summed E-state index contributed by atoms with van der Waals surface area (Å²) in [6.45, 7) is 8.65. The number of anilines is 6. The van der Waals surface area contributed by atoms with Gasteiger partial charge in [0, 0.05) is 170 Å². The lowest BCUT2D eigenvalue weighted by Gasteiger charge is -2.22. The molecule has 2 aliphatic heterocycles. The van der Waals surface area contributed by atoms with Gasteiger partial charge in [-0.05, 0) is 124 Å². The molecule has 0 fully saturated rings. The van der Waals surface area contributed by atoms with Crippen molar-refractivity contribution in [3.05, 3.63) is 144 Å². The Morgan fingerprint density at radius 3 is 1.45 bits per heavy atom. The number of nitriles is 1. The molecule has 8 aromatic rings. The summed E-state index contributed by atoms with van der Waals surface area (Å²) in [7, 11) is 11.6. The summed E-state index contributed by atoms with van der Waals surface area (Å²) in [5, 5.41) is 41.9. The van der Waals surface area contributed by atoms with Gasteiger partial charge in [-0.15, -0.1) is 0 Å². The summed E-state index contributed by atoms with van der Waals surface area (Å²) in [6.07, 6.45) is 15.1. The van der Waals surface area contributed by atoms with Crippen molar-refractivity contribution in [1.29, 1.82) is 5.26 Å². The highest BCUT2D eigenvalue weighted by Crippen LogP contribution is 2.41. The number of rotatable bonds is 17. The predicted octanol–water partition coefficient (Wildman–Crippen LogP) is 16.1. The minimum absolute atomic E-state index is 0. The molecule has 0 saturated carbocycles. The van der Waals surface area contributed by atoms with Crippen molar-refractivity contribution >= 4 is 89.8 Å². The first-order valence-electron chi connectivity index (χ1n) is 26.2. The fourth-order valence-corrected chi connectivity index (χ4v) is 10.5. The molecule has 0 atom stereocenters. The van der Waals surface area contributed by atoms with Crippen LogP contribution in [0.4, 0.5) is 91.8 Å². The lowest BCUT2D eigenvalue weighted by molar-refractivity contribution is -0.384. The summed E-state index contributed by atoms with van der Waals surface area (Å²) < 4.78 is 85.4. The molecule has 2 N–H and O–H groups in total. The van der Waals surface area contributed by atoms with Crippen molar-refractivity contribution in [2.75, 3.05) is 88.9 Å². The number of aromatic nitrogens is 6. The lowest BCUT2D eigenvalue weighted by atomic mass is 10.0. The summed E-state index contributed by atoms with van der Waals surface area (Å²) >= 11 is 3.64. The summed E-state index contributed by atoms with van der Waals surface area (Å²) in [5.41, 5.74) is 13.4. The zero-order valence-corrected chi connectivity index (χ0v) is 50.0. The number of allylic oxidation sites excluding steroid dienone is 1. The van der Waals surface area contributed by atoms with Gasteiger partial charge in [0.05, 0.1) is 54.2 Å². The molecule has 0 radical (unpaired) electrons. The number of benzene rings is 4. The third-order valence-corrected chi connectivity index (χ3v) is 14.8. The van der Waals surface area contributed by atoms with Gasteiger partial charge < -0.3 is 39.4 Å². The summed E-state index contributed by atoms with van der Waals surface area (Å²) in [6, 6.07) is 21.6. The Bertz CT molecular complexity index is 3680. The van der Waals surface area contributed by atoms with Crippen LogP contribution in [0.15, 0.2) is 96.0 Å². The van der Waals surface area contributed by atoms with Crippen molar-refractivity contribution in [1.82, 2.24) is 38.9 Å². The van der Waals surface area contributed by atoms with Gasteiger partial charge in [0.25, 0.3) is 11.4 Å². The van der Waals surface area contributed by atoms with Crippen LogP contribution in [0, 0.1) is 45.4 Å². The third-order valence-electron chi connectivity index (χ3n) is 14.2. The van der Waals surface area contributed by atoms with Crippen LogP contribution in [-0.2, 0) is 25.9 Å².